The summed E-state index contributed by atoms with van der Waals surface area (Å²) in [6.07, 6.45) is 0.0548. The van der Waals surface area contributed by atoms with E-state index in [-0.39, 0.29) is 0 Å². The van der Waals surface area contributed by atoms with E-state index < -0.39 is 11.7 Å². The Morgan fingerprint density at radius 3 is 2.48 bits per heavy atom. The van der Waals surface area contributed by atoms with Crippen LogP contribution in [-0.2, 0) is 12.6 Å². The molecule has 6 heteroatoms. The maximum absolute atomic E-state index is 12.6. The van der Waals surface area contributed by atoms with Gasteiger partial charge in [0, 0.05) is 28.9 Å². The summed E-state index contributed by atoms with van der Waals surface area (Å²) in [6, 6.07) is 7.02. The third-order valence-electron chi connectivity index (χ3n) is 3.53. The molecule has 0 atom stereocenters. The Bertz CT molecular complexity index is 807. The summed E-state index contributed by atoms with van der Waals surface area (Å²) in [7, 11) is 0. The van der Waals surface area contributed by atoms with Crippen LogP contribution in [0.4, 0.5) is 13.2 Å². The molecule has 2 nitrogen and oxygen atoms in total. The number of alkyl halides is 3. The molecule has 0 saturated heterocycles. The van der Waals surface area contributed by atoms with Crippen LogP contribution >= 0.6 is 11.3 Å². The number of hydrogen-bond donors (Lipinski definition) is 0. The van der Waals surface area contributed by atoms with E-state index in [9.17, 15) is 13.2 Å². The van der Waals surface area contributed by atoms with Gasteiger partial charge < -0.3 is 0 Å². The smallest absolute Gasteiger partial charge is 0.264 e. The van der Waals surface area contributed by atoms with Crippen LogP contribution in [0, 0.1) is 0 Å². The molecule has 0 aliphatic carbocycles. The van der Waals surface area contributed by atoms with Crippen molar-refractivity contribution in [2.75, 3.05) is 0 Å². The molecule has 3 aromatic rings. The van der Waals surface area contributed by atoms with E-state index >= 15 is 0 Å². The Hall–Kier alpha value is -2.21. The number of pyridine rings is 1. The summed E-state index contributed by atoms with van der Waals surface area (Å²) in [4.78, 5) is 8.68. The van der Waals surface area contributed by atoms with Crippen LogP contribution in [0.3, 0.4) is 0 Å². The van der Waals surface area contributed by atoms with Crippen molar-refractivity contribution in [3.8, 4) is 21.8 Å². The highest BCUT2D eigenvalue weighted by Crippen LogP contribution is 2.33. The van der Waals surface area contributed by atoms with Crippen LogP contribution in [-0.4, -0.2) is 9.97 Å². The molecule has 2 aromatic heterocycles. The number of halogens is 3. The first-order valence-corrected chi connectivity index (χ1v) is 7.93. The molecule has 2 heterocycles. The van der Waals surface area contributed by atoms with Gasteiger partial charge in [-0.25, -0.2) is 4.98 Å². The molecular formula is C17H13F3N2S. The highest BCUT2D eigenvalue weighted by molar-refractivity contribution is 7.13. The quantitative estimate of drug-likeness (QED) is 0.636. The van der Waals surface area contributed by atoms with Gasteiger partial charge >= 0.3 is 6.18 Å². The lowest BCUT2D eigenvalue weighted by Gasteiger charge is -2.06. The zero-order valence-electron chi connectivity index (χ0n) is 12.3. The molecule has 0 spiro atoms. The van der Waals surface area contributed by atoms with E-state index in [1.807, 2.05) is 11.4 Å². The molecule has 1 aromatic carbocycles. The molecule has 0 fully saturated rings. The van der Waals surface area contributed by atoms with Crippen LogP contribution in [0.1, 0.15) is 18.1 Å². The second-order valence-electron chi connectivity index (χ2n) is 5.00. The Morgan fingerprint density at radius 1 is 1.09 bits per heavy atom. The fourth-order valence-corrected chi connectivity index (χ4v) is 3.12. The summed E-state index contributed by atoms with van der Waals surface area (Å²) < 4.78 is 37.8. The second-order valence-corrected chi connectivity index (χ2v) is 5.86. The van der Waals surface area contributed by atoms with E-state index in [4.69, 9.17) is 0 Å². The first-order chi connectivity index (χ1) is 11.0. The Morgan fingerprint density at radius 2 is 1.83 bits per heavy atom. The Balaban J connectivity index is 1.93. The number of rotatable bonds is 3. The highest BCUT2D eigenvalue weighted by Gasteiger charge is 2.30. The number of aromatic nitrogens is 2. The topological polar surface area (TPSA) is 25.8 Å². The second kappa shape index (κ2) is 6.12. The van der Waals surface area contributed by atoms with Gasteiger partial charge in [0.25, 0.3) is 0 Å². The van der Waals surface area contributed by atoms with E-state index in [0.717, 1.165) is 35.4 Å². The first-order valence-electron chi connectivity index (χ1n) is 7.05. The molecule has 0 saturated carbocycles. The average molecular weight is 334 g/mol. The lowest BCUT2D eigenvalue weighted by Crippen LogP contribution is -2.03. The van der Waals surface area contributed by atoms with Crippen molar-refractivity contribution >= 4 is 11.3 Å². The van der Waals surface area contributed by atoms with Crippen molar-refractivity contribution in [1.82, 2.24) is 9.97 Å². The molecule has 118 valence electrons. The van der Waals surface area contributed by atoms with Crippen molar-refractivity contribution in [2.45, 2.75) is 19.5 Å². The molecule has 0 amide bonds. The van der Waals surface area contributed by atoms with Crippen molar-refractivity contribution in [3.05, 3.63) is 59.2 Å². The molecular weight excluding hydrogens is 321 g/mol. The van der Waals surface area contributed by atoms with Crippen LogP contribution < -0.4 is 0 Å². The third-order valence-corrected chi connectivity index (χ3v) is 4.42. The van der Waals surface area contributed by atoms with E-state index in [2.05, 4.69) is 16.9 Å². The molecule has 23 heavy (non-hydrogen) atoms. The van der Waals surface area contributed by atoms with Gasteiger partial charge in [0.1, 0.15) is 5.01 Å². The van der Waals surface area contributed by atoms with Crippen molar-refractivity contribution < 1.29 is 13.2 Å². The highest BCUT2D eigenvalue weighted by atomic mass is 32.1. The maximum atomic E-state index is 12.6. The molecule has 0 aliphatic heterocycles. The Labute approximate surface area is 135 Å². The third kappa shape index (κ3) is 3.27. The Kier molecular flexibility index (Phi) is 4.17. The van der Waals surface area contributed by atoms with Crippen LogP contribution in [0.15, 0.2) is 48.1 Å². The summed E-state index contributed by atoms with van der Waals surface area (Å²) in [5, 5.41) is 2.60. The number of nitrogens with zero attached hydrogens (tertiary/aromatic N) is 2. The first kappa shape index (κ1) is 15.7. The predicted molar refractivity (Wildman–Crippen MR) is 85.2 cm³/mol. The van der Waals surface area contributed by atoms with Gasteiger partial charge in [-0.3, -0.25) is 4.98 Å². The molecule has 0 N–H and O–H groups in total. The van der Waals surface area contributed by atoms with Gasteiger partial charge in [-0.05, 0) is 30.2 Å². The number of benzene rings is 1. The van der Waals surface area contributed by atoms with Crippen molar-refractivity contribution in [2.24, 2.45) is 0 Å². The van der Waals surface area contributed by atoms with Gasteiger partial charge in [0.05, 0.1) is 11.3 Å². The van der Waals surface area contributed by atoms with Gasteiger partial charge in [0.15, 0.2) is 0 Å². The molecule has 3 rings (SSSR count). The van der Waals surface area contributed by atoms with Crippen molar-refractivity contribution in [1.29, 1.82) is 0 Å². The van der Waals surface area contributed by atoms with Crippen LogP contribution in [0.2, 0.25) is 0 Å². The fourth-order valence-electron chi connectivity index (χ4n) is 2.29. The maximum Gasteiger partial charge on any atom is 0.416 e. The molecule has 0 unspecified atom stereocenters. The van der Waals surface area contributed by atoms with Gasteiger partial charge in [-0.15, -0.1) is 11.3 Å². The summed E-state index contributed by atoms with van der Waals surface area (Å²) in [6.45, 7) is 2.06. The zero-order valence-corrected chi connectivity index (χ0v) is 13.1. The van der Waals surface area contributed by atoms with Crippen molar-refractivity contribution in [3.63, 3.8) is 0 Å². The summed E-state index contributed by atoms with van der Waals surface area (Å²) >= 11 is 1.41. The minimum Gasteiger partial charge on any atom is -0.264 e. The SMILES string of the molecule is CCc1ccncc1-c1csc(-c2ccc(C(F)(F)F)cc2)n1. The molecule has 0 bridgehead atoms. The summed E-state index contributed by atoms with van der Waals surface area (Å²) in [5.41, 5.74) is 2.93. The van der Waals surface area contributed by atoms with Gasteiger partial charge in [-0.2, -0.15) is 13.2 Å². The van der Waals surface area contributed by atoms with E-state index in [1.165, 1.54) is 23.5 Å². The predicted octanol–water partition coefficient (Wildman–Crippen LogP) is 5.45. The van der Waals surface area contributed by atoms with E-state index in [0.29, 0.717) is 10.6 Å². The zero-order chi connectivity index (χ0) is 16.4. The summed E-state index contributed by atoms with van der Waals surface area (Å²) in [5.74, 6) is 0. The van der Waals surface area contributed by atoms with Gasteiger partial charge in [0.2, 0.25) is 0 Å². The number of thiazole rings is 1. The minimum atomic E-state index is -4.32. The molecule has 0 aliphatic rings. The van der Waals surface area contributed by atoms with E-state index in [1.54, 1.807) is 12.4 Å². The standard InChI is InChI=1S/C17H13F3N2S/c1-2-11-7-8-21-9-14(11)15-10-23-16(22-15)12-3-5-13(6-4-12)17(18,19)20/h3-10H,2H2,1H3. The monoisotopic (exact) mass is 334 g/mol. The lowest BCUT2D eigenvalue weighted by atomic mass is 10.1. The number of aryl methyl sites for hydroxylation is 1. The molecule has 0 radical (unpaired) electrons. The lowest BCUT2D eigenvalue weighted by molar-refractivity contribution is -0.137. The minimum absolute atomic E-state index is 0.654. The van der Waals surface area contributed by atoms with Gasteiger partial charge in [-0.1, -0.05) is 19.1 Å². The fraction of sp³-hybridized carbons (Fsp3) is 0.176. The number of hydrogen-bond acceptors (Lipinski definition) is 3. The van der Waals surface area contributed by atoms with Crippen LogP contribution in [0.25, 0.3) is 21.8 Å². The normalized spacial score (nSPS) is 11.7. The van der Waals surface area contributed by atoms with Crippen LogP contribution in [0.5, 0.6) is 0 Å². The largest absolute Gasteiger partial charge is 0.416 e. The average Bonchev–Trinajstić information content (AvgIpc) is 3.04.